The van der Waals surface area contributed by atoms with Crippen molar-refractivity contribution in [3.8, 4) is 17.3 Å². The van der Waals surface area contributed by atoms with Crippen LogP contribution in [0.5, 0.6) is 0 Å². The fraction of sp³-hybridized carbons (Fsp3) is 0.480. The van der Waals surface area contributed by atoms with Crippen molar-refractivity contribution < 1.29 is 22.3 Å². The molecule has 2 saturated heterocycles. The summed E-state index contributed by atoms with van der Waals surface area (Å²) >= 11 is 0. The summed E-state index contributed by atoms with van der Waals surface area (Å²) in [6.45, 7) is 1.51. The number of hydrogen-bond acceptors (Lipinski definition) is 9. The van der Waals surface area contributed by atoms with Gasteiger partial charge in [-0.25, -0.2) is 18.9 Å². The van der Waals surface area contributed by atoms with Gasteiger partial charge in [0.05, 0.1) is 31.0 Å². The Morgan fingerprint density at radius 3 is 2.65 bits per heavy atom. The van der Waals surface area contributed by atoms with Gasteiger partial charge in [-0.1, -0.05) is 0 Å². The van der Waals surface area contributed by atoms with E-state index in [1.165, 1.54) is 6.92 Å². The summed E-state index contributed by atoms with van der Waals surface area (Å²) in [7, 11) is 1.68. The molecule has 2 atom stereocenters. The lowest BCUT2D eigenvalue weighted by Gasteiger charge is -2.48. The van der Waals surface area contributed by atoms with Gasteiger partial charge in [0.1, 0.15) is 29.6 Å². The number of rotatable bonds is 6. The van der Waals surface area contributed by atoms with Crippen molar-refractivity contribution in [2.45, 2.75) is 43.8 Å². The van der Waals surface area contributed by atoms with Crippen molar-refractivity contribution in [2.24, 2.45) is 0 Å². The summed E-state index contributed by atoms with van der Waals surface area (Å²) < 4.78 is 62.6. The topological polar surface area (TPSA) is 121 Å². The van der Waals surface area contributed by atoms with Gasteiger partial charge in [0.25, 0.3) is 0 Å². The number of nitrogens with one attached hydrogen (secondary N) is 2. The van der Waals surface area contributed by atoms with Gasteiger partial charge < -0.3 is 19.9 Å². The lowest BCUT2D eigenvalue weighted by Crippen LogP contribution is -2.65. The molecule has 4 aromatic rings. The van der Waals surface area contributed by atoms with Crippen LogP contribution in [-0.2, 0) is 11.3 Å². The second-order valence-electron chi connectivity index (χ2n) is 10.1. The summed E-state index contributed by atoms with van der Waals surface area (Å²) in [6.07, 6.45) is -3.54. The first kappa shape index (κ1) is 26.2. The number of anilines is 2. The molecule has 15 heteroatoms. The van der Waals surface area contributed by atoms with E-state index in [2.05, 4.69) is 36.8 Å². The van der Waals surface area contributed by atoms with Crippen molar-refractivity contribution in [1.82, 2.24) is 34.0 Å². The molecule has 0 bridgehead atoms. The van der Waals surface area contributed by atoms with Crippen LogP contribution in [0.15, 0.2) is 24.4 Å². The molecule has 0 aromatic carbocycles. The number of aromatic nitrogens is 6. The Morgan fingerprint density at radius 1 is 1.20 bits per heavy atom. The SMILES string of the molecule is CNc1nc(N[C@H]2CCN(C3(C#N)COC3)C[C@H]2F)nn2ccc(-c3ccc4nc(C)n(CC(F)(F)F)c4n3)c12. The van der Waals surface area contributed by atoms with E-state index in [0.29, 0.717) is 41.1 Å². The molecule has 4 aromatic heterocycles. The largest absolute Gasteiger partial charge is 0.406 e. The number of likely N-dealkylation sites (tertiary alicyclic amines) is 1. The number of pyridine rings is 1. The number of imidazole rings is 1. The van der Waals surface area contributed by atoms with E-state index in [0.717, 1.165) is 4.57 Å². The van der Waals surface area contributed by atoms with E-state index in [9.17, 15) is 18.4 Å². The van der Waals surface area contributed by atoms with Crippen LogP contribution in [0.2, 0.25) is 0 Å². The van der Waals surface area contributed by atoms with Gasteiger partial charge in [-0.05, 0) is 31.5 Å². The number of ether oxygens (including phenoxy) is 1. The van der Waals surface area contributed by atoms with Gasteiger partial charge >= 0.3 is 6.18 Å². The van der Waals surface area contributed by atoms with Crippen LogP contribution in [0.25, 0.3) is 27.9 Å². The van der Waals surface area contributed by atoms with Gasteiger partial charge in [-0.15, -0.1) is 5.10 Å². The molecule has 0 amide bonds. The van der Waals surface area contributed by atoms with Gasteiger partial charge in [0.2, 0.25) is 5.95 Å². The predicted molar refractivity (Wildman–Crippen MR) is 138 cm³/mol. The molecular formula is C25H26F4N10O. The second kappa shape index (κ2) is 9.56. The highest BCUT2D eigenvalue weighted by molar-refractivity contribution is 5.89. The number of hydrogen-bond donors (Lipinski definition) is 2. The quantitative estimate of drug-likeness (QED) is 0.344. The number of fused-ring (bicyclic) bond motifs is 2. The smallest absolute Gasteiger partial charge is 0.375 e. The fourth-order valence-electron chi connectivity index (χ4n) is 5.34. The van der Waals surface area contributed by atoms with Crippen molar-refractivity contribution in [3.05, 3.63) is 30.2 Å². The average molecular weight is 559 g/mol. The molecule has 2 aliphatic heterocycles. The number of halogens is 4. The van der Waals surface area contributed by atoms with Gasteiger partial charge in [-0.3, -0.25) is 4.90 Å². The molecule has 0 saturated carbocycles. The maximum atomic E-state index is 15.2. The first-order valence-corrected chi connectivity index (χ1v) is 12.7. The van der Waals surface area contributed by atoms with Crippen molar-refractivity contribution in [3.63, 3.8) is 0 Å². The Labute approximate surface area is 225 Å². The minimum Gasteiger partial charge on any atom is -0.375 e. The summed E-state index contributed by atoms with van der Waals surface area (Å²) in [4.78, 5) is 15.1. The van der Waals surface area contributed by atoms with E-state index >= 15 is 4.39 Å². The molecule has 0 spiro atoms. The zero-order chi connectivity index (χ0) is 28.2. The van der Waals surface area contributed by atoms with Gasteiger partial charge in [0, 0.05) is 31.9 Å². The van der Waals surface area contributed by atoms with Crippen LogP contribution in [0.4, 0.5) is 29.3 Å². The molecule has 0 radical (unpaired) electrons. The van der Waals surface area contributed by atoms with Gasteiger partial charge in [-0.2, -0.15) is 23.4 Å². The number of nitriles is 1. The average Bonchev–Trinajstić information content (AvgIpc) is 3.44. The lowest BCUT2D eigenvalue weighted by molar-refractivity contribution is -0.140. The molecule has 0 aliphatic carbocycles. The predicted octanol–water partition coefficient (Wildman–Crippen LogP) is 3.17. The molecule has 11 nitrogen and oxygen atoms in total. The van der Waals surface area contributed by atoms with E-state index in [4.69, 9.17) is 4.74 Å². The third kappa shape index (κ3) is 4.46. The van der Waals surface area contributed by atoms with Crippen molar-refractivity contribution >= 4 is 28.4 Å². The van der Waals surface area contributed by atoms with E-state index in [1.807, 2.05) is 4.90 Å². The second-order valence-corrected chi connectivity index (χ2v) is 10.1. The van der Waals surface area contributed by atoms with E-state index < -0.39 is 30.5 Å². The normalized spacial score (nSPS) is 21.3. The van der Waals surface area contributed by atoms with Crippen LogP contribution in [0.3, 0.4) is 0 Å². The summed E-state index contributed by atoms with van der Waals surface area (Å²) in [5.74, 6) is 0.862. The molecule has 2 fully saturated rings. The molecule has 0 unspecified atom stereocenters. The monoisotopic (exact) mass is 558 g/mol. The molecule has 2 N–H and O–H groups in total. The number of aryl methyl sites for hydroxylation is 1. The van der Waals surface area contributed by atoms with Gasteiger partial charge in [0.15, 0.2) is 17.0 Å². The minimum atomic E-state index is -4.42. The molecule has 6 heterocycles. The van der Waals surface area contributed by atoms with Crippen LogP contribution in [0.1, 0.15) is 12.2 Å². The number of nitrogens with zero attached hydrogens (tertiary/aromatic N) is 8. The van der Waals surface area contributed by atoms with Crippen LogP contribution < -0.4 is 10.6 Å². The first-order chi connectivity index (χ1) is 19.1. The van der Waals surface area contributed by atoms with E-state index in [-0.39, 0.29) is 37.2 Å². The molecule has 40 heavy (non-hydrogen) atoms. The highest BCUT2D eigenvalue weighted by Gasteiger charge is 2.48. The van der Waals surface area contributed by atoms with Crippen molar-refractivity contribution in [2.75, 3.05) is 44.0 Å². The number of alkyl halides is 4. The van der Waals surface area contributed by atoms with Crippen LogP contribution >= 0.6 is 0 Å². The summed E-state index contributed by atoms with van der Waals surface area (Å²) in [6, 6.07) is 6.79. The fourth-order valence-corrected chi connectivity index (χ4v) is 5.34. The first-order valence-electron chi connectivity index (χ1n) is 12.7. The number of piperidine rings is 1. The standard InChI is InChI=1S/C25H26F4N10O/c1-14-32-19-4-3-17(33-22(19)38(14)11-25(27,28)29)15-5-8-39-20(15)21(31-2)35-23(36-39)34-18-6-7-37(9-16(18)26)24(10-30)12-40-13-24/h3-5,8,16,18H,6-7,9,11-13H2,1-2H3,(H2,31,34,35,36)/t16-,18+/m1/s1. The molecule has 6 rings (SSSR count). The zero-order valence-corrected chi connectivity index (χ0v) is 21.7. The summed E-state index contributed by atoms with van der Waals surface area (Å²) in [5, 5.41) is 20.2. The Morgan fingerprint density at radius 2 is 2.00 bits per heavy atom. The molecule has 2 aliphatic rings. The Bertz CT molecular complexity index is 1620. The maximum Gasteiger partial charge on any atom is 0.406 e. The lowest BCUT2D eigenvalue weighted by atomic mass is 9.92. The Hall–Kier alpha value is -4.03. The molecule has 210 valence electrons. The summed E-state index contributed by atoms with van der Waals surface area (Å²) in [5.41, 5.74) is 1.34. The molecular weight excluding hydrogens is 532 g/mol. The Balaban J connectivity index is 1.28. The van der Waals surface area contributed by atoms with Crippen molar-refractivity contribution in [1.29, 1.82) is 5.26 Å². The minimum absolute atomic E-state index is 0.0991. The third-order valence-electron chi connectivity index (χ3n) is 7.50. The van der Waals surface area contributed by atoms with E-state index in [1.54, 1.807) is 36.0 Å². The van der Waals surface area contributed by atoms with Crippen LogP contribution in [-0.4, -0.2) is 91.3 Å². The van der Waals surface area contributed by atoms with Crippen LogP contribution in [0, 0.1) is 18.3 Å². The highest BCUT2D eigenvalue weighted by Crippen LogP contribution is 2.33. The Kier molecular flexibility index (Phi) is 6.26. The third-order valence-corrected chi connectivity index (χ3v) is 7.50. The highest BCUT2D eigenvalue weighted by atomic mass is 19.4. The zero-order valence-electron chi connectivity index (χ0n) is 21.7. The maximum absolute atomic E-state index is 15.2.